The fourth-order valence-electron chi connectivity index (χ4n) is 3.12. The first-order valence-corrected chi connectivity index (χ1v) is 7.79. The number of aromatic hydroxyl groups is 2. The van der Waals surface area contributed by atoms with E-state index in [1.807, 2.05) is 0 Å². The minimum absolute atomic E-state index is 0.129. The summed E-state index contributed by atoms with van der Waals surface area (Å²) in [5, 5.41) is 19.3. The van der Waals surface area contributed by atoms with Gasteiger partial charge in [-0.3, -0.25) is 4.79 Å². The van der Waals surface area contributed by atoms with Crippen LogP contribution in [0.25, 0.3) is 11.3 Å². The van der Waals surface area contributed by atoms with Gasteiger partial charge in [-0.1, -0.05) is 32.1 Å². The highest BCUT2D eigenvalue weighted by atomic mass is 16.4. The van der Waals surface area contributed by atoms with Crippen molar-refractivity contribution in [2.75, 3.05) is 0 Å². The average molecular weight is 300 g/mol. The topological polar surface area (TPSA) is 70.7 Å². The van der Waals surface area contributed by atoms with E-state index >= 15 is 0 Å². The minimum Gasteiger partial charge on any atom is -0.508 e. The van der Waals surface area contributed by atoms with Gasteiger partial charge in [0.25, 0.3) is 0 Å². The number of rotatable bonds is 3. The smallest absolute Gasteiger partial charge is 0.227 e. The van der Waals surface area contributed by atoms with Crippen molar-refractivity contribution in [3.05, 3.63) is 46.3 Å². The normalized spacial score (nSPS) is 15.8. The molecule has 0 amide bonds. The Bertz CT molecular complexity index is 694. The predicted molar refractivity (Wildman–Crippen MR) is 84.0 cm³/mol. The number of phenols is 1. The number of hydrogen-bond donors (Lipinski definition) is 2. The van der Waals surface area contributed by atoms with Gasteiger partial charge in [0.1, 0.15) is 11.5 Å². The Kier molecular flexibility index (Phi) is 4.18. The van der Waals surface area contributed by atoms with Crippen molar-refractivity contribution < 1.29 is 14.6 Å². The van der Waals surface area contributed by atoms with Crippen LogP contribution in [0, 0.1) is 5.92 Å². The van der Waals surface area contributed by atoms with Crippen LogP contribution in [0.15, 0.2) is 39.5 Å². The maximum atomic E-state index is 12.0. The summed E-state index contributed by atoms with van der Waals surface area (Å²) >= 11 is 0. The third kappa shape index (κ3) is 3.16. The average Bonchev–Trinajstić information content (AvgIpc) is 2.53. The van der Waals surface area contributed by atoms with Crippen molar-refractivity contribution in [2.45, 2.75) is 38.5 Å². The molecule has 1 aromatic heterocycles. The Hall–Kier alpha value is -2.23. The molecule has 2 aromatic rings. The first-order chi connectivity index (χ1) is 10.6. The molecule has 2 N–H and O–H groups in total. The van der Waals surface area contributed by atoms with E-state index < -0.39 is 5.43 Å². The maximum absolute atomic E-state index is 12.0. The zero-order valence-corrected chi connectivity index (χ0v) is 12.4. The quantitative estimate of drug-likeness (QED) is 0.903. The molecule has 0 atom stereocenters. The molecule has 0 aliphatic heterocycles. The van der Waals surface area contributed by atoms with Gasteiger partial charge in [-0.15, -0.1) is 0 Å². The molecular formula is C18H20O4. The second-order valence-electron chi connectivity index (χ2n) is 6.01. The fourth-order valence-corrected chi connectivity index (χ4v) is 3.12. The SMILES string of the molecule is O=c1cc(CC2CCCCC2)oc(-c2ccc(O)cc2)c1O. The lowest BCUT2D eigenvalue weighted by molar-refractivity contribution is 0.329. The van der Waals surface area contributed by atoms with Crippen LogP contribution in [0.1, 0.15) is 37.9 Å². The molecule has 1 heterocycles. The van der Waals surface area contributed by atoms with Gasteiger partial charge >= 0.3 is 0 Å². The summed E-state index contributed by atoms with van der Waals surface area (Å²) in [6.07, 6.45) is 6.82. The zero-order chi connectivity index (χ0) is 15.5. The number of benzene rings is 1. The van der Waals surface area contributed by atoms with E-state index in [4.69, 9.17) is 4.42 Å². The van der Waals surface area contributed by atoms with Crippen LogP contribution in [-0.4, -0.2) is 10.2 Å². The largest absolute Gasteiger partial charge is 0.508 e. The van der Waals surface area contributed by atoms with E-state index in [1.165, 1.54) is 50.3 Å². The van der Waals surface area contributed by atoms with Gasteiger partial charge in [-0.05, 0) is 30.2 Å². The van der Waals surface area contributed by atoms with E-state index in [9.17, 15) is 15.0 Å². The standard InChI is InChI=1S/C18H20O4/c19-14-8-6-13(7-9-14)18-17(21)16(20)11-15(22-18)10-12-4-2-1-3-5-12/h6-9,11-12,19,21H,1-5,10H2. The summed E-state index contributed by atoms with van der Waals surface area (Å²) in [6.45, 7) is 0. The third-order valence-electron chi connectivity index (χ3n) is 4.32. The van der Waals surface area contributed by atoms with E-state index in [0.717, 1.165) is 6.42 Å². The van der Waals surface area contributed by atoms with Crippen molar-refractivity contribution >= 4 is 0 Å². The molecule has 1 aliphatic rings. The van der Waals surface area contributed by atoms with Gasteiger partial charge in [0.05, 0.1) is 0 Å². The van der Waals surface area contributed by atoms with Gasteiger partial charge in [0.15, 0.2) is 5.76 Å². The lowest BCUT2D eigenvalue weighted by atomic mass is 9.86. The van der Waals surface area contributed by atoms with Crippen molar-refractivity contribution in [1.82, 2.24) is 0 Å². The summed E-state index contributed by atoms with van der Waals surface area (Å²) in [6, 6.07) is 7.65. The van der Waals surface area contributed by atoms with Gasteiger partial charge < -0.3 is 14.6 Å². The second kappa shape index (κ2) is 6.26. The Balaban J connectivity index is 1.92. The number of hydrogen-bond acceptors (Lipinski definition) is 4. The molecule has 1 aliphatic carbocycles. The molecule has 4 nitrogen and oxygen atoms in total. The number of phenolic OH excluding ortho intramolecular Hbond substituents is 1. The van der Waals surface area contributed by atoms with Gasteiger partial charge in [-0.25, -0.2) is 0 Å². The zero-order valence-electron chi connectivity index (χ0n) is 12.4. The van der Waals surface area contributed by atoms with E-state index in [0.29, 0.717) is 17.2 Å². The molecule has 3 rings (SSSR count). The molecule has 0 saturated heterocycles. The lowest BCUT2D eigenvalue weighted by Crippen LogP contribution is -2.11. The Labute approximate surface area is 129 Å². The van der Waals surface area contributed by atoms with Crippen molar-refractivity contribution in [3.8, 4) is 22.8 Å². The van der Waals surface area contributed by atoms with Crippen LogP contribution in [0.4, 0.5) is 0 Å². The lowest BCUT2D eigenvalue weighted by Gasteiger charge is -2.21. The molecule has 4 heteroatoms. The monoisotopic (exact) mass is 300 g/mol. The highest BCUT2D eigenvalue weighted by Gasteiger charge is 2.18. The van der Waals surface area contributed by atoms with E-state index in [2.05, 4.69) is 0 Å². The molecule has 0 radical (unpaired) electrons. The summed E-state index contributed by atoms with van der Waals surface area (Å²) in [7, 11) is 0. The predicted octanol–water partition coefficient (Wildman–Crippen LogP) is 3.84. The third-order valence-corrected chi connectivity index (χ3v) is 4.32. The van der Waals surface area contributed by atoms with Crippen LogP contribution in [0.5, 0.6) is 11.5 Å². The molecule has 0 unspecified atom stereocenters. The van der Waals surface area contributed by atoms with E-state index in [-0.39, 0.29) is 17.3 Å². The summed E-state index contributed by atoms with van der Waals surface area (Å²) in [5.41, 5.74) is 0.165. The molecule has 0 spiro atoms. The van der Waals surface area contributed by atoms with E-state index in [1.54, 1.807) is 12.1 Å². The van der Waals surface area contributed by atoms with Crippen LogP contribution >= 0.6 is 0 Å². The van der Waals surface area contributed by atoms with Gasteiger partial charge in [0, 0.05) is 18.1 Å². The van der Waals surface area contributed by atoms with Crippen molar-refractivity contribution in [3.63, 3.8) is 0 Å². The van der Waals surface area contributed by atoms with Gasteiger partial charge in [0.2, 0.25) is 11.2 Å². The minimum atomic E-state index is -0.417. The molecular weight excluding hydrogens is 280 g/mol. The Morgan fingerprint density at radius 2 is 1.73 bits per heavy atom. The molecule has 22 heavy (non-hydrogen) atoms. The van der Waals surface area contributed by atoms with Crippen LogP contribution in [0.3, 0.4) is 0 Å². The van der Waals surface area contributed by atoms with Gasteiger partial charge in [-0.2, -0.15) is 0 Å². The highest BCUT2D eigenvalue weighted by Crippen LogP contribution is 2.31. The van der Waals surface area contributed by atoms with Crippen LogP contribution in [0.2, 0.25) is 0 Å². The van der Waals surface area contributed by atoms with Crippen molar-refractivity contribution in [1.29, 1.82) is 0 Å². The van der Waals surface area contributed by atoms with Crippen LogP contribution in [-0.2, 0) is 6.42 Å². The van der Waals surface area contributed by atoms with Crippen molar-refractivity contribution in [2.24, 2.45) is 5.92 Å². The summed E-state index contributed by atoms with van der Waals surface area (Å²) in [4.78, 5) is 12.0. The second-order valence-corrected chi connectivity index (χ2v) is 6.01. The summed E-state index contributed by atoms with van der Waals surface area (Å²) < 4.78 is 5.79. The molecule has 116 valence electrons. The molecule has 1 saturated carbocycles. The fraction of sp³-hybridized carbons (Fsp3) is 0.389. The molecule has 1 fully saturated rings. The summed E-state index contributed by atoms with van der Waals surface area (Å²) in [5.74, 6) is 1.10. The first kappa shape index (κ1) is 14.7. The maximum Gasteiger partial charge on any atom is 0.227 e. The first-order valence-electron chi connectivity index (χ1n) is 7.79. The Morgan fingerprint density at radius 1 is 1.05 bits per heavy atom. The Morgan fingerprint density at radius 3 is 2.41 bits per heavy atom. The highest BCUT2D eigenvalue weighted by molar-refractivity contribution is 5.64. The molecule has 1 aromatic carbocycles. The van der Waals surface area contributed by atoms with Crippen LogP contribution < -0.4 is 5.43 Å². The molecule has 0 bridgehead atoms.